The average Bonchev–Trinajstić information content (AvgIpc) is 2.43. The van der Waals surface area contributed by atoms with Crippen molar-refractivity contribution in [3.63, 3.8) is 0 Å². The number of hydrogen-bond donors (Lipinski definition) is 1. The summed E-state index contributed by atoms with van der Waals surface area (Å²) in [6, 6.07) is 1.66. The standard InChI is InChI=1S/C16H22N2O5/c1-5-10-8-18(14(19)20)9-11-6-12(7-17-13(10)11)22-15(21)23-16(2,3)4/h6-7,10H,5,8-9H2,1-4H3,(H,19,20). The highest BCUT2D eigenvalue weighted by Gasteiger charge is 2.29. The molecule has 7 nitrogen and oxygen atoms in total. The summed E-state index contributed by atoms with van der Waals surface area (Å²) in [5.74, 6) is 0.297. The summed E-state index contributed by atoms with van der Waals surface area (Å²) in [6.45, 7) is 7.90. The van der Waals surface area contributed by atoms with Gasteiger partial charge in [-0.05, 0) is 38.8 Å². The highest BCUT2D eigenvalue weighted by Crippen LogP contribution is 2.31. The number of carbonyl (C=O) groups excluding carboxylic acids is 1. The lowest BCUT2D eigenvalue weighted by atomic mass is 9.93. The summed E-state index contributed by atoms with van der Waals surface area (Å²) in [6.07, 6.45) is 0.488. The third-order valence-corrected chi connectivity index (χ3v) is 3.52. The van der Waals surface area contributed by atoms with Gasteiger partial charge in [0.05, 0.1) is 18.4 Å². The van der Waals surface area contributed by atoms with E-state index in [1.807, 2.05) is 6.92 Å². The molecule has 2 rings (SSSR count). The lowest BCUT2D eigenvalue weighted by Crippen LogP contribution is -2.37. The van der Waals surface area contributed by atoms with Crippen molar-refractivity contribution in [1.29, 1.82) is 0 Å². The Hall–Kier alpha value is -2.31. The molecule has 1 aliphatic rings. The van der Waals surface area contributed by atoms with Crippen LogP contribution in [0.25, 0.3) is 0 Å². The predicted octanol–water partition coefficient (Wildman–Crippen LogP) is 3.38. The molecule has 1 atom stereocenters. The van der Waals surface area contributed by atoms with Gasteiger partial charge in [-0.15, -0.1) is 0 Å². The number of fused-ring (bicyclic) bond motifs is 1. The van der Waals surface area contributed by atoms with E-state index in [2.05, 4.69) is 4.98 Å². The maximum absolute atomic E-state index is 11.7. The Labute approximate surface area is 135 Å². The molecule has 2 heterocycles. The lowest BCUT2D eigenvalue weighted by molar-refractivity contribution is 0.0204. The van der Waals surface area contributed by atoms with Crippen molar-refractivity contribution < 1.29 is 24.2 Å². The molecule has 0 radical (unpaired) electrons. The fraction of sp³-hybridized carbons (Fsp3) is 0.562. The van der Waals surface area contributed by atoms with E-state index in [1.165, 1.54) is 11.1 Å². The van der Waals surface area contributed by atoms with E-state index in [9.17, 15) is 14.7 Å². The van der Waals surface area contributed by atoms with Gasteiger partial charge >= 0.3 is 12.2 Å². The highest BCUT2D eigenvalue weighted by atomic mass is 16.7. The van der Waals surface area contributed by atoms with E-state index >= 15 is 0 Å². The van der Waals surface area contributed by atoms with Crippen molar-refractivity contribution >= 4 is 12.2 Å². The minimum atomic E-state index is -0.965. The average molecular weight is 322 g/mol. The molecule has 1 N–H and O–H groups in total. The van der Waals surface area contributed by atoms with Crippen molar-refractivity contribution in [2.75, 3.05) is 6.54 Å². The largest absolute Gasteiger partial charge is 0.514 e. The number of hydrogen-bond acceptors (Lipinski definition) is 5. The predicted molar refractivity (Wildman–Crippen MR) is 82.6 cm³/mol. The molecule has 0 bridgehead atoms. The van der Waals surface area contributed by atoms with Crippen LogP contribution in [0.5, 0.6) is 5.75 Å². The number of rotatable bonds is 2. The normalized spacial score (nSPS) is 17.4. The van der Waals surface area contributed by atoms with Gasteiger partial charge in [0.1, 0.15) is 5.60 Å². The van der Waals surface area contributed by atoms with Crippen molar-refractivity contribution in [3.05, 3.63) is 23.5 Å². The SMILES string of the molecule is CCC1CN(C(=O)O)Cc2cc(OC(=O)OC(C)(C)C)cnc21. The van der Waals surface area contributed by atoms with Crippen LogP contribution in [0, 0.1) is 0 Å². The zero-order valence-electron chi connectivity index (χ0n) is 13.8. The molecule has 23 heavy (non-hydrogen) atoms. The Balaban J connectivity index is 2.19. The smallest absolute Gasteiger partial charge is 0.465 e. The number of ether oxygens (including phenoxy) is 2. The summed E-state index contributed by atoms with van der Waals surface area (Å²) in [7, 11) is 0. The Kier molecular flexibility index (Phi) is 4.77. The topological polar surface area (TPSA) is 89.0 Å². The molecule has 1 aromatic rings. The van der Waals surface area contributed by atoms with Gasteiger partial charge in [-0.3, -0.25) is 4.98 Å². The minimum absolute atomic E-state index is 0.0467. The van der Waals surface area contributed by atoms with Crippen molar-refractivity contribution in [3.8, 4) is 5.75 Å². The van der Waals surface area contributed by atoms with Gasteiger partial charge in [0, 0.05) is 12.5 Å². The number of pyridine rings is 1. The van der Waals surface area contributed by atoms with Crippen LogP contribution in [-0.2, 0) is 11.3 Å². The van der Waals surface area contributed by atoms with Crippen molar-refractivity contribution in [1.82, 2.24) is 9.88 Å². The molecule has 0 spiro atoms. The first-order valence-corrected chi connectivity index (χ1v) is 7.57. The summed E-state index contributed by atoms with van der Waals surface area (Å²) >= 11 is 0. The molecule has 0 aliphatic carbocycles. The third kappa shape index (κ3) is 4.34. The van der Waals surface area contributed by atoms with E-state index in [-0.39, 0.29) is 18.2 Å². The molecular weight excluding hydrogens is 300 g/mol. The van der Waals surface area contributed by atoms with Crippen LogP contribution >= 0.6 is 0 Å². The van der Waals surface area contributed by atoms with Crippen LogP contribution in [0.4, 0.5) is 9.59 Å². The molecule has 7 heteroatoms. The second-order valence-corrected chi connectivity index (χ2v) is 6.55. The molecule has 0 saturated heterocycles. The van der Waals surface area contributed by atoms with Crippen LogP contribution in [0.1, 0.15) is 51.3 Å². The summed E-state index contributed by atoms with van der Waals surface area (Å²) in [4.78, 5) is 28.7. The van der Waals surface area contributed by atoms with Crippen LogP contribution in [-0.4, -0.2) is 39.4 Å². The Bertz CT molecular complexity index is 609. The Morgan fingerprint density at radius 3 is 2.70 bits per heavy atom. The second kappa shape index (κ2) is 6.44. The number of aromatic nitrogens is 1. The van der Waals surface area contributed by atoms with Gasteiger partial charge in [-0.25, -0.2) is 9.59 Å². The van der Waals surface area contributed by atoms with Gasteiger partial charge in [0.15, 0.2) is 5.75 Å². The molecule has 0 fully saturated rings. The maximum atomic E-state index is 11.7. The summed E-state index contributed by atoms with van der Waals surface area (Å²) in [5, 5.41) is 9.22. The Morgan fingerprint density at radius 2 is 2.13 bits per heavy atom. The van der Waals surface area contributed by atoms with Gasteiger partial charge in [-0.1, -0.05) is 6.92 Å². The van der Waals surface area contributed by atoms with Crippen LogP contribution < -0.4 is 4.74 Å². The van der Waals surface area contributed by atoms with E-state index in [4.69, 9.17) is 9.47 Å². The first kappa shape index (κ1) is 17.1. The molecule has 1 amide bonds. The van der Waals surface area contributed by atoms with E-state index < -0.39 is 17.8 Å². The Morgan fingerprint density at radius 1 is 1.43 bits per heavy atom. The zero-order valence-corrected chi connectivity index (χ0v) is 13.8. The van der Waals surface area contributed by atoms with Gasteiger partial charge in [-0.2, -0.15) is 0 Å². The molecule has 126 valence electrons. The molecule has 1 aliphatic heterocycles. The first-order valence-electron chi connectivity index (χ1n) is 7.57. The van der Waals surface area contributed by atoms with Gasteiger partial charge in [0.25, 0.3) is 0 Å². The summed E-state index contributed by atoms with van der Waals surface area (Å²) < 4.78 is 10.2. The lowest BCUT2D eigenvalue weighted by Gasteiger charge is -2.31. The first-order chi connectivity index (χ1) is 10.7. The molecular formula is C16H22N2O5. The fourth-order valence-electron chi connectivity index (χ4n) is 2.51. The van der Waals surface area contributed by atoms with E-state index in [0.29, 0.717) is 6.54 Å². The molecule has 0 saturated carbocycles. The minimum Gasteiger partial charge on any atom is -0.465 e. The van der Waals surface area contributed by atoms with Crippen molar-refractivity contribution in [2.45, 2.75) is 52.2 Å². The zero-order chi connectivity index (χ0) is 17.2. The number of carboxylic acid groups (broad SMARTS) is 1. The number of carbonyl (C=O) groups is 2. The molecule has 0 aromatic carbocycles. The third-order valence-electron chi connectivity index (χ3n) is 3.52. The quantitative estimate of drug-likeness (QED) is 0.840. The van der Waals surface area contributed by atoms with Crippen LogP contribution in [0.15, 0.2) is 12.3 Å². The number of amides is 1. The molecule has 1 aromatic heterocycles. The molecule has 1 unspecified atom stereocenters. The fourth-order valence-corrected chi connectivity index (χ4v) is 2.51. The van der Waals surface area contributed by atoms with Crippen LogP contribution in [0.2, 0.25) is 0 Å². The maximum Gasteiger partial charge on any atom is 0.514 e. The van der Waals surface area contributed by atoms with Gasteiger partial charge in [0.2, 0.25) is 0 Å². The number of nitrogens with zero attached hydrogens (tertiary/aromatic N) is 2. The summed E-state index contributed by atoms with van der Waals surface area (Å²) in [5.41, 5.74) is 0.972. The van der Waals surface area contributed by atoms with Crippen LogP contribution in [0.3, 0.4) is 0 Å². The van der Waals surface area contributed by atoms with E-state index in [1.54, 1.807) is 26.8 Å². The van der Waals surface area contributed by atoms with Gasteiger partial charge < -0.3 is 19.5 Å². The monoisotopic (exact) mass is 322 g/mol. The second-order valence-electron chi connectivity index (χ2n) is 6.55. The van der Waals surface area contributed by atoms with Crippen molar-refractivity contribution in [2.24, 2.45) is 0 Å². The van der Waals surface area contributed by atoms with E-state index in [0.717, 1.165) is 17.7 Å². The highest BCUT2D eigenvalue weighted by molar-refractivity contribution is 5.66.